The Morgan fingerprint density at radius 3 is 2.74 bits per heavy atom. The van der Waals surface area contributed by atoms with Crippen molar-refractivity contribution in [1.82, 2.24) is 0 Å². The molecule has 0 saturated carbocycles. The largest absolute Gasteiger partial charge is 0.491 e. The molecule has 0 bridgehead atoms. The van der Waals surface area contributed by atoms with Crippen molar-refractivity contribution in [3.05, 3.63) is 29.8 Å². The monoisotopic (exact) mass is 266 g/mol. The molecular weight excluding hydrogens is 244 g/mol. The third-order valence-corrected chi connectivity index (χ3v) is 2.72. The molecule has 19 heavy (non-hydrogen) atoms. The molecule has 0 spiro atoms. The first-order valence-electron chi connectivity index (χ1n) is 6.78. The zero-order chi connectivity index (χ0) is 13.9. The van der Waals surface area contributed by atoms with Crippen LogP contribution in [0.4, 0.5) is 0 Å². The molecule has 4 heteroatoms. The van der Waals surface area contributed by atoms with E-state index >= 15 is 0 Å². The highest BCUT2D eigenvalue weighted by molar-refractivity contribution is 5.87. The minimum absolute atomic E-state index is 0.234. The summed E-state index contributed by atoms with van der Waals surface area (Å²) in [5.41, 5.74) is 0.234. The Hall–Kier alpha value is -1.55. The van der Waals surface area contributed by atoms with Gasteiger partial charge in [0.05, 0.1) is 12.2 Å². The van der Waals surface area contributed by atoms with E-state index in [1.54, 1.807) is 18.2 Å². The molecule has 0 atom stereocenters. The van der Waals surface area contributed by atoms with Crippen LogP contribution in [0, 0.1) is 0 Å². The molecular formula is C15H22O4. The molecule has 1 aromatic carbocycles. The lowest BCUT2D eigenvalue weighted by Gasteiger charge is -2.07. The summed E-state index contributed by atoms with van der Waals surface area (Å²) in [5.74, 6) is -0.382. The van der Waals surface area contributed by atoms with Crippen LogP contribution in [0.2, 0.25) is 0 Å². The predicted octanol–water partition coefficient (Wildman–Crippen LogP) is 3.36. The Labute approximate surface area is 114 Å². The Morgan fingerprint density at radius 2 is 2.00 bits per heavy atom. The van der Waals surface area contributed by atoms with Gasteiger partial charge in [-0.3, -0.25) is 0 Å². The molecule has 1 rings (SSSR count). The third-order valence-electron chi connectivity index (χ3n) is 2.72. The second kappa shape index (κ2) is 9.39. The summed E-state index contributed by atoms with van der Waals surface area (Å²) in [5, 5.41) is 8.84. The van der Waals surface area contributed by atoms with Crippen LogP contribution in [0.15, 0.2) is 24.3 Å². The number of aromatic carboxylic acids is 1. The third kappa shape index (κ3) is 6.82. The SMILES string of the molecule is CCCCCCOCCOc1cccc(C(=O)O)c1. The maximum Gasteiger partial charge on any atom is 0.335 e. The van der Waals surface area contributed by atoms with Crippen molar-refractivity contribution in [2.45, 2.75) is 32.6 Å². The normalized spacial score (nSPS) is 10.4. The van der Waals surface area contributed by atoms with E-state index < -0.39 is 5.97 Å². The molecule has 0 fully saturated rings. The Kier molecular flexibility index (Phi) is 7.66. The Bertz CT molecular complexity index is 376. The van der Waals surface area contributed by atoms with Crippen LogP contribution in [-0.2, 0) is 4.74 Å². The highest BCUT2D eigenvalue weighted by atomic mass is 16.5. The van der Waals surface area contributed by atoms with Gasteiger partial charge in [-0.2, -0.15) is 0 Å². The first-order valence-corrected chi connectivity index (χ1v) is 6.78. The fourth-order valence-corrected chi connectivity index (χ4v) is 1.67. The van der Waals surface area contributed by atoms with E-state index in [2.05, 4.69) is 6.92 Å². The summed E-state index contributed by atoms with van der Waals surface area (Å²) in [7, 11) is 0. The lowest BCUT2D eigenvalue weighted by Crippen LogP contribution is -2.08. The van der Waals surface area contributed by atoms with Crippen LogP contribution in [0.1, 0.15) is 43.0 Å². The Balaban J connectivity index is 2.12. The van der Waals surface area contributed by atoms with Crippen molar-refractivity contribution >= 4 is 5.97 Å². The standard InChI is InChI=1S/C15H22O4/c1-2-3-4-5-9-18-10-11-19-14-8-6-7-13(12-14)15(16)17/h6-8,12H,2-5,9-11H2,1H3,(H,16,17). The van der Waals surface area contributed by atoms with Crippen molar-refractivity contribution in [1.29, 1.82) is 0 Å². The summed E-state index contributed by atoms with van der Waals surface area (Å²) in [6, 6.07) is 6.47. The lowest BCUT2D eigenvalue weighted by atomic mass is 10.2. The van der Waals surface area contributed by atoms with Gasteiger partial charge >= 0.3 is 5.97 Å². The van der Waals surface area contributed by atoms with Gasteiger partial charge in [0.15, 0.2) is 0 Å². The number of ether oxygens (including phenoxy) is 2. The van der Waals surface area contributed by atoms with Crippen LogP contribution >= 0.6 is 0 Å². The molecule has 1 N–H and O–H groups in total. The second-order valence-corrected chi connectivity index (χ2v) is 4.35. The van der Waals surface area contributed by atoms with Gasteiger partial charge in [-0.05, 0) is 24.6 Å². The summed E-state index contributed by atoms with van der Waals surface area (Å²) >= 11 is 0. The maximum atomic E-state index is 10.8. The second-order valence-electron chi connectivity index (χ2n) is 4.35. The maximum absolute atomic E-state index is 10.8. The summed E-state index contributed by atoms with van der Waals surface area (Å²) in [6.45, 7) is 3.92. The first-order chi connectivity index (χ1) is 9.24. The number of carbonyl (C=O) groups is 1. The van der Waals surface area contributed by atoms with Crippen molar-refractivity contribution in [2.75, 3.05) is 19.8 Å². The number of hydrogen-bond donors (Lipinski definition) is 1. The molecule has 0 amide bonds. The van der Waals surface area contributed by atoms with E-state index in [0.717, 1.165) is 13.0 Å². The summed E-state index contributed by atoms with van der Waals surface area (Å²) in [6.07, 6.45) is 4.77. The van der Waals surface area contributed by atoms with E-state index in [-0.39, 0.29) is 5.56 Å². The average Bonchev–Trinajstić information content (AvgIpc) is 2.42. The van der Waals surface area contributed by atoms with Gasteiger partial charge in [0.2, 0.25) is 0 Å². The minimum atomic E-state index is -0.947. The summed E-state index contributed by atoms with van der Waals surface area (Å²) < 4.78 is 10.9. The number of rotatable bonds is 10. The molecule has 0 unspecified atom stereocenters. The fourth-order valence-electron chi connectivity index (χ4n) is 1.67. The van der Waals surface area contributed by atoms with E-state index in [0.29, 0.717) is 19.0 Å². The predicted molar refractivity (Wildman–Crippen MR) is 73.9 cm³/mol. The number of hydrogen-bond acceptors (Lipinski definition) is 3. The van der Waals surface area contributed by atoms with Gasteiger partial charge < -0.3 is 14.6 Å². The van der Waals surface area contributed by atoms with Crippen molar-refractivity contribution in [3.63, 3.8) is 0 Å². The molecule has 1 aromatic rings. The van der Waals surface area contributed by atoms with Crippen molar-refractivity contribution in [2.24, 2.45) is 0 Å². The number of benzene rings is 1. The van der Waals surface area contributed by atoms with Gasteiger partial charge in [-0.1, -0.05) is 32.3 Å². The molecule has 0 aromatic heterocycles. The van der Waals surface area contributed by atoms with E-state index in [9.17, 15) is 4.79 Å². The van der Waals surface area contributed by atoms with Crippen molar-refractivity contribution in [3.8, 4) is 5.75 Å². The first kappa shape index (κ1) is 15.5. The topological polar surface area (TPSA) is 55.8 Å². The fraction of sp³-hybridized carbons (Fsp3) is 0.533. The van der Waals surface area contributed by atoms with Gasteiger partial charge in [0.25, 0.3) is 0 Å². The quantitative estimate of drug-likeness (QED) is 0.660. The Morgan fingerprint density at radius 1 is 1.16 bits per heavy atom. The van der Waals surface area contributed by atoms with Crippen LogP contribution in [-0.4, -0.2) is 30.9 Å². The molecule has 4 nitrogen and oxygen atoms in total. The molecule has 0 saturated heterocycles. The zero-order valence-corrected chi connectivity index (χ0v) is 11.4. The van der Waals surface area contributed by atoms with E-state index in [4.69, 9.17) is 14.6 Å². The average molecular weight is 266 g/mol. The lowest BCUT2D eigenvalue weighted by molar-refractivity contribution is 0.0696. The molecule has 0 radical (unpaired) electrons. The van der Waals surface area contributed by atoms with Crippen LogP contribution in [0.5, 0.6) is 5.75 Å². The number of carboxylic acid groups (broad SMARTS) is 1. The van der Waals surface area contributed by atoms with Crippen LogP contribution in [0.3, 0.4) is 0 Å². The zero-order valence-electron chi connectivity index (χ0n) is 11.4. The highest BCUT2D eigenvalue weighted by Gasteiger charge is 2.03. The van der Waals surface area contributed by atoms with E-state index in [1.165, 1.54) is 25.3 Å². The minimum Gasteiger partial charge on any atom is -0.491 e. The van der Waals surface area contributed by atoms with Crippen LogP contribution < -0.4 is 4.74 Å². The molecule has 0 aliphatic rings. The van der Waals surface area contributed by atoms with Gasteiger partial charge in [-0.15, -0.1) is 0 Å². The molecule has 0 aliphatic heterocycles. The van der Waals surface area contributed by atoms with Gasteiger partial charge in [-0.25, -0.2) is 4.79 Å². The number of unbranched alkanes of at least 4 members (excludes halogenated alkanes) is 3. The molecule has 0 heterocycles. The smallest absolute Gasteiger partial charge is 0.335 e. The van der Waals surface area contributed by atoms with Gasteiger partial charge in [0, 0.05) is 6.61 Å². The highest BCUT2D eigenvalue weighted by Crippen LogP contribution is 2.13. The summed E-state index contributed by atoms with van der Waals surface area (Å²) in [4.78, 5) is 10.8. The van der Waals surface area contributed by atoms with Gasteiger partial charge in [0.1, 0.15) is 12.4 Å². The molecule has 0 aliphatic carbocycles. The number of carboxylic acids is 1. The van der Waals surface area contributed by atoms with E-state index in [1.807, 2.05) is 0 Å². The molecule has 106 valence electrons. The van der Waals surface area contributed by atoms with Crippen LogP contribution in [0.25, 0.3) is 0 Å². The van der Waals surface area contributed by atoms with Crippen molar-refractivity contribution < 1.29 is 19.4 Å².